The van der Waals surface area contributed by atoms with Gasteiger partial charge in [-0.3, -0.25) is 53.6 Å². The second-order valence-electron chi connectivity index (χ2n) is 22.8. The third-order valence-corrected chi connectivity index (χ3v) is 14.5. The van der Waals surface area contributed by atoms with E-state index in [0.717, 1.165) is 9.80 Å². The first-order valence-electron chi connectivity index (χ1n) is 28.6. The zero-order chi connectivity index (χ0) is 64.6. The number of fused-ring (bicyclic) bond motifs is 2. The van der Waals surface area contributed by atoms with Crippen LogP contribution < -0.4 is 0 Å². The molecule has 0 saturated heterocycles. The van der Waals surface area contributed by atoms with Crippen molar-refractivity contribution in [2.24, 2.45) is 11.8 Å². The molecule has 0 aliphatic carbocycles. The highest BCUT2D eigenvalue weighted by molar-refractivity contribution is 6.41. The minimum Gasteiger partial charge on any atom is -0.474 e. The Bertz CT molecular complexity index is 3340. The van der Waals surface area contributed by atoms with E-state index in [-0.39, 0.29) is 82.8 Å². The molecular formula is C66H71N3O19. The first-order valence-corrected chi connectivity index (χ1v) is 28.6. The third kappa shape index (κ3) is 15.0. The van der Waals surface area contributed by atoms with E-state index in [1.807, 2.05) is 27.7 Å². The molecule has 0 spiro atoms. The lowest BCUT2D eigenvalue weighted by Crippen LogP contribution is -2.50. The van der Waals surface area contributed by atoms with Crippen molar-refractivity contribution >= 4 is 114 Å². The van der Waals surface area contributed by atoms with E-state index in [4.69, 9.17) is 43.3 Å². The number of rotatable bonds is 30. The van der Waals surface area contributed by atoms with Gasteiger partial charge in [0.25, 0.3) is 23.6 Å². The van der Waals surface area contributed by atoms with Crippen LogP contribution in [0.2, 0.25) is 0 Å². The van der Waals surface area contributed by atoms with Gasteiger partial charge in [-0.1, -0.05) is 78.3 Å². The van der Waals surface area contributed by atoms with Gasteiger partial charge in [-0.05, 0) is 109 Å². The van der Waals surface area contributed by atoms with Crippen LogP contribution in [0, 0.1) is 17.2 Å². The molecule has 464 valence electrons. The van der Waals surface area contributed by atoms with E-state index in [0.29, 0.717) is 48.7 Å². The van der Waals surface area contributed by atoms with Gasteiger partial charge in [0.2, 0.25) is 5.90 Å². The molecule has 22 nitrogen and oxygen atoms in total. The number of imide groups is 2. The van der Waals surface area contributed by atoms with E-state index in [2.05, 4.69) is 26.3 Å². The summed E-state index contributed by atoms with van der Waals surface area (Å²) in [7, 11) is 0. The molecule has 0 aromatic heterocycles. The number of ether oxygens (including phenoxy) is 8. The number of carbonyl (C=O) groups is 11. The number of benzene rings is 5. The minimum atomic E-state index is -1.22. The second-order valence-corrected chi connectivity index (χ2v) is 22.8. The van der Waals surface area contributed by atoms with E-state index >= 15 is 0 Å². The lowest BCUT2D eigenvalue weighted by molar-refractivity contribution is -0.165. The monoisotopic (exact) mass is 1210 g/mol. The summed E-state index contributed by atoms with van der Waals surface area (Å²) in [5.74, 6) is -8.58. The molecule has 3 unspecified atom stereocenters. The van der Waals surface area contributed by atoms with Crippen molar-refractivity contribution in [2.75, 3.05) is 39.6 Å². The Kier molecular flexibility index (Phi) is 21.2. The van der Waals surface area contributed by atoms with Crippen molar-refractivity contribution in [3.8, 4) is 0 Å². The Hall–Kier alpha value is -9.60. The maximum atomic E-state index is 14.8. The van der Waals surface area contributed by atoms with Crippen LogP contribution in [-0.2, 0) is 71.5 Å². The number of esters is 7. The van der Waals surface area contributed by atoms with Crippen LogP contribution in [0.5, 0.6) is 0 Å². The van der Waals surface area contributed by atoms with Gasteiger partial charge in [0.15, 0.2) is 12.2 Å². The summed E-state index contributed by atoms with van der Waals surface area (Å²) in [5.41, 5.74) is 1.47. The van der Waals surface area contributed by atoms with Crippen LogP contribution in [0.15, 0.2) is 97.1 Å². The lowest BCUT2D eigenvalue weighted by Gasteiger charge is -2.35. The van der Waals surface area contributed by atoms with Crippen molar-refractivity contribution in [2.45, 2.75) is 118 Å². The zero-order valence-electron chi connectivity index (χ0n) is 50.5. The Morgan fingerprint density at radius 2 is 0.682 bits per heavy atom. The molecule has 22 heteroatoms. The number of nitrogens with zero attached hydrogens (tertiary/aromatic N) is 2. The molecule has 2 heterocycles. The molecule has 7 rings (SSSR count). The Balaban J connectivity index is 1.07. The SMILES string of the molecule is C=C(C)C(=N)OCC(COC(=O)C(=C)C)OC(=O)CCC(=O)OCC(CC(C)C)N1C(=O)c2ccc3c4ccc5c6c(ccc(c7ccc(c2c37)C1=O)c64)C(=O)N(C(COC(=O)CCC(=O)OC(COC(=O)C(=C)C)COC(=O)C(=C)C)CC(C)C)C5=O. The maximum Gasteiger partial charge on any atom is 0.333 e. The first kappa shape index (κ1) is 65.9. The molecule has 1 N–H and O–H groups in total. The summed E-state index contributed by atoms with van der Waals surface area (Å²) in [6, 6.07) is 11.7. The number of nitrogens with one attached hydrogen (secondary N) is 1. The highest BCUT2D eigenvalue weighted by atomic mass is 16.6. The number of hydrogen-bond acceptors (Lipinski definition) is 20. The van der Waals surface area contributed by atoms with Crippen molar-refractivity contribution in [1.82, 2.24) is 9.80 Å². The average molecular weight is 1210 g/mol. The van der Waals surface area contributed by atoms with Gasteiger partial charge in [-0.2, -0.15) is 0 Å². The van der Waals surface area contributed by atoms with Crippen LogP contribution >= 0.6 is 0 Å². The van der Waals surface area contributed by atoms with E-state index in [1.165, 1.54) is 20.8 Å². The summed E-state index contributed by atoms with van der Waals surface area (Å²) >= 11 is 0. The summed E-state index contributed by atoms with van der Waals surface area (Å²) in [6.45, 7) is 25.0. The van der Waals surface area contributed by atoms with E-state index in [9.17, 15) is 52.7 Å². The van der Waals surface area contributed by atoms with Crippen molar-refractivity contribution in [3.05, 3.63) is 119 Å². The second kappa shape index (κ2) is 28.3. The number of amides is 4. The van der Waals surface area contributed by atoms with E-state index < -0.39 is 142 Å². The van der Waals surface area contributed by atoms with Gasteiger partial charge in [0.05, 0.1) is 37.8 Å². The zero-order valence-corrected chi connectivity index (χ0v) is 50.5. The van der Waals surface area contributed by atoms with Crippen LogP contribution in [-0.4, -0.2) is 145 Å². The smallest absolute Gasteiger partial charge is 0.333 e. The Morgan fingerprint density at radius 1 is 0.398 bits per heavy atom. The standard InChI is InChI=1S/C66H71N3O19/c1-33(2)25-39(27-81-51(70)21-23-53(72)87-41(29-83-59(67)35(5)6)30-84-64(78)36(7)8)68-60(74)47-17-13-43-45-15-19-49-58-50(20-16-46(56(45)58)44-14-18-48(61(68)75)57(47)55(43)44)63(77)69(62(49)76)40(26-34(3)4)28-82-52(71)22-24-54(73)88-42(31-85-65(79)37(9)10)32-86-66(80)38(11)12/h13-20,33-34,39-42,67H,5,7,9,11,21-32H2,1-4,6,8,10,12H3. The molecule has 3 atom stereocenters. The fourth-order valence-electron chi connectivity index (χ4n) is 10.4. The molecule has 5 aromatic rings. The first-order chi connectivity index (χ1) is 41.6. The topological polar surface area (TPSA) is 292 Å². The molecular weight excluding hydrogens is 1140 g/mol. The third-order valence-electron chi connectivity index (χ3n) is 14.5. The predicted molar refractivity (Wildman–Crippen MR) is 321 cm³/mol. The van der Waals surface area contributed by atoms with E-state index in [1.54, 1.807) is 55.5 Å². The van der Waals surface area contributed by atoms with Gasteiger partial charge in [-0.15, -0.1) is 0 Å². The van der Waals surface area contributed by atoms with Gasteiger partial charge < -0.3 is 37.9 Å². The van der Waals surface area contributed by atoms with Crippen molar-refractivity contribution in [3.63, 3.8) is 0 Å². The van der Waals surface area contributed by atoms with Crippen molar-refractivity contribution < 1.29 is 90.6 Å². The van der Waals surface area contributed by atoms with Gasteiger partial charge in [0.1, 0.15) is 39.6 Å². The van der Waals surface area contributed by atoms with Crippen LogP contribution in [0.1, 0.15) is 135 Å². The highest BCUT2D eigenvalue weighted by Gasteiger charge is 2.42. The fourth-order valence-corrected chi connectivity index (χ4v) is 10.4. The van der Waals surface area contributed by atoms with Crippen LogP contribution in [0.25, 0.3) is 43.1 Å². The quantitative estimate of drug-likeness (QED) is 0.00655. The summed E-state index contributed by atoms with van der Waals surface area (Å²) in [4.78, 5) is 150. The molecule has 0 radical (unpaired) electrons. The molecule has 0 fully saturated rings. The summed E-state index contributed by atoms with van der Waals surface area (Å²) in [6.07, 6.45) is -3.69. The van der Waals surface area contributed by atoms with Gasteiger partial charge in [0, 0.05) is 55.3 Å². The average Bonchev–Trinajstić information content (AvgIpc) is 0.699. The highest BCUT2D eigenvalue weighted by Crippen LogP contribution is 2.47. The fraction of sp³-hybridized carbons (Fsp3) is 0.394. The lowest BCUT2D eigenvalue weighted by atomic mass is 9.81. The van der Waals surface area contributed by atoms with Crippen LogP contribution in [0.3, 0.4) is 0 Å². The molecule has 0 saturated carbocycles. The molecule has 5 aromatic carbocycles. The van der Waals surface area contributed by atoms with Gasteiger partial charge >= 0.3 is 41.8 Å². The molecule has 4 amide bonds. The Labute approximate surface area is 507 Å². The molecule has 2 aliphatic rings. The number of carbonyl (C=O) groups excluding carboxylic acids is 11. The molecule has 2 aliphatic heterocycles. The Morgan fingerprint density at radius 3 is 0.955 bits per heavy atom. The largest absolute Gasteiger partial charge is 0.474 e. The maximum absolute atomic E-state index is 14.8. The summed E-state index contributed by atoms with van der Waals surface area (Å²) in [5, 5.41) is 12.5. The predicted octanol–water partition coefficient (Wildman–Crippen LogP) is 9.16. The van der Waals surface area contributed by atoms with Gasteiger partial charge in [-0.25, -0.2) is 14.4 Å². The van der Waals surface area contributed by atoms with Crippen molar-refractivity contribution in [1.29, 1.82) is 5.41 Å². The minimum absolute atomic E-state index is 0.0804. The summed E-state index contributed by atoms with van der Waals surface area (Å²) < 4.78 is 42.7. The van der Waals surface area contributed by atoms with Crippen LogP contribution in [0.4, 0.5) is 0 Å². The normalized spacial score (nSPS) is 13.9. The molecule has 88 heavy (non-hydrogen) atoms. The molecule has 0 bridgehead atoms. The number of hydrogen-bond donors (Lipinski definition) is 1.